The fourth-order valence-electron chi connectivity index (χ4n) is 1.82. The normalized spacial score (nSPS) is 24.3. The minimum absolute atomic E-state index is 0.293. The molecule has 0 amide bonds. The van der Waals surface area contributed by atoms with Gasteiger partial charge in [-0.15, -0.1) is 11.8 Å². The van der Waals surface area contributed by atoms with Crippen molar-refractivity contribution in [2.45, 2.75) is 17.4 Å². The first-order valence-electron chi connectivity index (χ1n) is 5.62. The van der Waals surface area contributed by atoms with E-state index in [4.69, 9.17) is 10.3 Å². The van der Waals surface area contributed by atoms with Gasteiger partial charge in [-0.05, 0) is 0 Å². The molecular weight excluding hydrogens is 270 g/mol. The number of rotatable bonds is 2. The molecule has 8 heteroatoms. The monoisotopic (exact) mass is 283 g/mol. The molecule has 2 atom stereocenters. The standard InChI is InChI=1S/C10H13N5OS2/c1-5-8(18-3-2-17-5)9-12-10(16-15-9)6-4-7(11)14-13-6/h4-5,8H,2-3H2,1H3,(H3,11,13,14). The number of thioether (sulfide) groups is 2. The van der Waals surface area contributed by atoms with E-state index < -0.39 is 0 Å². The molecular formula is C10H13N5OS2. The minimum atomic E-state index is 0.293. The molecule has 6 nitrogen and oxygen atoms in total. The van der Waals surface area contributed by atoms with Gasteiger partial charge in [-0.3, -0.25) is 5.10 Å². The van der Waals surface area contributed by atoms with Crippen LogP contribution in [0, 0.1) is 0 Å². The molecule has 1 fully saturated rings. The van der Waals surface area contributed by atoms with Crippen LogP contribution in [0.4, 0.5) is 5.82 Å². The van der Waals surface area contributed by atoms with Crippen molar-refractivity contribution in [3.05, 3.63) is 11.9 Å². The van der Waals surface area contributed by atoms with Crippen LogP contribution in [0.5, 0.6) is 0 Å². The molecule has 1 aliphatic rings. The van der Waals surface area contributed by atoms with Gasteiger partial charge in [-0.1, -0.05) is 12.1 Å². The summed E-state index contributed by atoms with van der Waals surface area (Å²) in [6.07, 6.45) is 0. The van der Waals surface area contributed by atoms with Gasteiger partial charge in [0.2, 0.25) is 0 Å². The summed E-state index contributed by atoms with van der Waals surface area (Å²) in [6, 6.07) is 1.68. The molecule has 0 bridgehead atoms. The molecule has 0 radical (unpaired) electrons. The molecule has 1 saturated heterocycles. The highest BCUT2D eigenvalue weighted by atomic mass is 32.2. The molecule has 3 heterocycles. The first-order valence-corrected chi connectivity index (χ1v) is 7.72. The number of nitrogens with zero attached hydrogens (tertiary/aromatic N) is 3. The van der Waals surface area contributed by atoms with E-state index in [9.17, 15) is 0 Å². The van der Waals surface area contributed by atoms with E-state index in [1.165, 1.54) is 5.75 Å². The van der Waals surface area contributed by atoms with Crippen molar-refractivity contribution in [1.29, 1.82) is 0 Å². The summed E-state index contributed by atoms with van der Waals surface area (Å²) in [5.41, 5.74) is 6.21. The number of nitrogens with two attached hydrogens (primary N) is 1. The zero-order valence-corrected chi connectivity index (χ0v) is 11.4. The summed E-state index contributed by atoms with van der Waals surface area (Å²) in [4.78, 5) is 4.43. The molecule has 1 aliphatic heterocycles. The van der Waals surface area contributed by atoms with Gasteiger partial charge < -0.3 is 10.3 Å². The Kier molecular flexibility index (Phi) is 3.21. The average molecular weight is 283 g/mol. The third kappa shape index (κ3) is 2.22. The number of hydrogen-bond acceptors (Lipinski definition) is 7. The largest absolute Gasteiger partial charge is 0.382 e. The van der Waals surface area contributed by atoms with Crippen molar-refractivity contribution in [3.8, 4) is 11.6 Å². The maximum atomic E-state index is 5.55. The number of nitrogen functional groups attached to an aromatic ring is 1. The third-order valence-electron chi connectivity index (χ3n) is 2.71. The average Bonchev–Trinajstić information content (AvgIpc) is 2.98. The Labute approximate surface area is 112 Å². The molecule has 0 saturated carbocycles. The highest BCUT2D eigenvalue weighted by Crippen LogP contribution is 2.41. The highest BCUT2D eigenvalue weighted by molar-refractivity contribution is 8.06. The second-order valence-corrected chi connectivity index (χ2v) is 6.77. The zero-order valence-electron chi connectivity index (χ0n) is 9.79. The van der Waals surface area contributed by atoms with E-state index in [0.29, 0.717) is 27.9 Å². The van der Waals surface area contributed by atoms with Crippen molar-refractivity contribution >= 4 is 29.3 Å². The lowest BCUT2D eigenvalue weighted by Gasteiger charge is -2.24. The number of nitrogens with one attached hydrogen (secondary N) is 1. The van der Waals surface area contributed by atoms with Crippen LogP contribution in [-0.2, 0) is 0 Å². The van der Waals surface area contributed by atoms with Crippen molar-refractivity contribution in [2.75, 3.05) is 17.2 Å². The minimum Gasteiger partial charge on any atom is -0.382 e. The molecule has 2 aromatic heterocycles. The third-order valence-corrected chi connectivity index (χ3v) is 5.80. The van der Waals surface area contributed by atoms with Crippen LogP contribution in [0.1, 0.15) is 18.0 Å². The molecule has 3 rings (SSSR count). The predicted molar refractivity (Wildman–Crippen MR) is 73.4 cm³/mol. The van der Waals surface area contributed by atoms with Gasteiger partial charge in [0.05, 0.1) is 5.25 Å². The fourth-order valence-corrected chi connectivity index (χ4v) is 4.50. The lowest BCUT2D eigenvalue weighted by atomic mass is 10.3. The Balaban J connectivity index is 1.84. The zero-order chi connectivity index (χ0) is 12.5. The fraction of sp³-hybridized carbons (Fsp3) is 0.500. The predicted octanol–water partition coefficient (Wildman–Crippen LogP) is 1.95. The molecule has 2 aromatic rings. The van der Waals surface area contributed by atoms with E-state index in [2.05, 4.69) is 27.3 Å². The molecule has 96 valence electrons. The molecule has 0 aliphatic carbocycles. The molecule has 2 unspecified atom stereocenters. The second kappa shape index (κ2) is 4.85. The number of aromatic nitrogens is 4. The van der Waals surface area contributed by atoms with Gasteiger partial charge >= 0.3 is 0 Å². The Bertz CT molecular complexity index is 540. The van der Waals surface area contributed by atoms with Crippen LogP contribution in [-0.4, -0.2) is 37.1 Å². The number of aromatic amines is 1. The first kappa shape index (κ1) is 11.9. The summed E-state index contributed by atoms with van der Waals surface area (Å²) in [6.45, 7) is 2.20. The first-order chi connectivity index (χ1) is 8.74. The van der Waals surface area contributed by atoms with Gasteiger partial charge in [0.15, 0.2) is 5.82 Å². The molecule has 0 spiro atoms. The van der Waals surface area contributed by atoms with Crippen molar-refractivity contribution in [2.24, 2.45) is 0 Å². The molecule has 0 aromatic carbocycles. The number of hydrogen-bond donors (Lipinski definition) is 2. The van der Waals surface area contributed by atoms with Gasteiger partial charge in [-0.25, -0.2) is 0 Å². The Hall–Kier alpha value is -1.15. The van der Waals surface area contributed by atoms with Crippen molar-refractivity contribution in [3.63, 3.8) is 0 Å². The van der Waals surface area contributed by atoms with Crippen LogP contribution in [0.2, 0.25) is 0 Å². The Morgan fingerprint density at radius 3 is 3.00 bits per heavy atom. The van der Waals surface area contributed by atoms with Gasteiger partial charge in [0.25, 0.3) is 5.89 Å². The van der Waals surface area contributed by atoms with Crippen LogP contribution < -0.4 is 5.73 Å². The van der Waals surface area contributed by atoms with Crippen molar-refractivity contribution < 1.29 is 4.52 Å². The highest BCUT2D eigenvalue weighted by Gasteiger charge is 2.28. The van der Waals surface area contributed by atoms with Gasteiger partial charge in [0, 0.05) is 22.8 Å². The quantitative estimate of drug-likeness (QED) is 0.870. The molecule has 18 heavy (non-hydrogen) atoms. The van der Waals surface area contributed by atoms with E-state index in [-0.39, 0.29) is 0 Å². The SMILES string of the molecule is CC1SCCSC1c1noc(-c2cc(N)n[nH]2)n1. The van der Waals surface area contributed by atoms with Crippen molar-refractivity contribution in [1.82, 2.24) is 20.3 Å². The Morgan fingerprint density at radius 2 is 2.28 bits per heavy atom. The second-order valence-electron chi connectivity index (χ2n) is 4.03. The maximum absolute atomic E-state index is 5.55. The number of anilines is 1. The summed E-state index contributed by atoms with van der Waals surface area (Å²) in [5.74, 6) is 3.92. The topological polar surface area (TPSA) is 93.6 Å². The Morgan fingerprint density at radius 1 is 1.44 bits per heavy atom. The summed E-state index contributed by atoms with van der Waals surface area (Å²) < 4.78 is 5.26. The number of H-pyrrole nitrogens is 1. The smallest absolute Gasteiger partial charge is 0.276 e. The maximum Gasteiger partial charge on any atom is 0.276 e. The van der Waals surface area contributed by atoms with E-state index in [1.807, 2.05) is 23.5 Å². The van der Waals surface area contributed by atoms with E-state index in [1.54, 1.807) is 6.07 Å². The summed E-state index contributed by atoms with van der Waals surface area (Å²) in [7, 11) is 0. The van der Waals surface area contributed by atoms with Gasteiger partial charge in [-0.2, -0.15) is 21.8 Å². The van der Waals surface area contributed by atoms with Gasteiger partial charge in [0.1, 0.15) is 11.5 Å². The van der Waals surface area contributed by atoms with Crippen LogP contribution in [0.3, 0.4) is 0 Å². The van der Waals surface area contributed by atoms with E-state index in [0.717, 1.165) is 11.6 Å². The summed E-state index contributed by atoms with van der Waals surface area (Å²) in [5, 5.41) is 11.5. The van der Waals surface area contributed by atoms with E-state index >= 15 is 0 Å². The van der Waals surface area contributed by atoms with Crippen LogP contribution >= 0.6 is 23.5 Å². The van der Waals surface area contributed by atoms with Crippen LogP contribution in [0.25, 0.3) is 11.6 Å². The summed E-state index contributed by atoms with van der Waals surface area (Å²) >= 11 is 3.83. The lowest BCUT2D eigenvalue weighted by Crippen LogP contribution is -2.16. The lowest BCUT2D eigenvalue weighted by molar-refractivity contribution is 0.420. The van der Waals surface area contributed by atoms with Crippen LogP contribution in [0.15, 0.2) is 10.6 Å². The molecule has 3 N–H and O–H groups in total.